The van der Waals surface area contributed by atoms with Crippen LogP contribution in [-0.4, -0.2) is 88.1 Å². The Morgan fingerprint density at radius 3 is 2.07 bits per heavy atom. The van der Waals surface area contributed by atoms with E-state index in [2.05, 4.69) is 33.9 Å². The van der Waals surface area contributed by atoms with Crippen LogP contribution in [0.1, 0.15) is 19.3 Å². The first-order valence-electron chi connectivity index (χ1n) is 8.50. The van der Waals surface area contributed by atoms with Crippen LogP contribution in [-0.2, 0) is 24.0 Å². The molecule has 28 heavy (non-hydrogen) atoms. The van der Waals surface area contributed by atoms with Crippen molar-refractivity contribution in [2.24, 2.45) is 0 Å². The van der Waals surface area contributed by atoms with Crippen LogP contribution in [0, 0.1) is 0 Å². The zero-order chi connectivity index (χ0) is 21.3. The van der Waals surface area contributed by atoms with Crippen LogP contribution in [0.5, 0.6) is 0 Å². The third kappa shape index (κ3) is 7.32. The monoisotopic (exact) mass is 420 g/mol. The van der Waals surface area contributed by atoms with E-state index in [1.54, 1.807) is 0 Å². The maximum Gasteiger partial charge on any atom is 0.327 e. The van der Waals surface area contributed by atoms with Crippen molar-refractivity contribution in [3.8, 4) is 0 Å². The van der Waals surface area contributed by atoms with Crippen LogP contribution >= 0.6 is 12.6 Å². The Bertz CT molecular complexity index is 611. The molecule has 7 N–H and O–H groups in total. The quantitative estimate of drug-likeness (QED) is 0.158. The average Bonchev–Trinajstić information content (AvgIpc) is 3.17. The molecule has 0 saturated carbocycles. The molecule has 0 aromatic heterocycles. The van der Waals surface area contributed by atoms with Crippen molar-refractivity contribution in [3.63, 3.8) is 0 Å². The molecule has 12 nitrogen and oxygen atoms in total. The lowest BCUT2D eigenvalue weighted by atomic mass is 10.1. The topological polar surface area (TPSA) is 194 Å². The van der Waals surface area contributed by atoms with E-state index in [-0.39, 0.29) is 5.75 Å². The van der Waals surface area contributed by atoms with Crippen molar-refractivity contribution < 1.29 is 39.3 Å². The molecule has 0 bridgehead atoms. The average molecular weight is 420 g/mol. The highest BCUT2D eigenvalue weighted by atomic mass is 32.1. The Kier molecular flexibility index (Phi) is 9.68. The number of thiol groups is 1. The van der Waals surface area contributed by atoms with E-state index >= 15 is 0 Å². The van der Waals surface area contributed by atoms with Gasteiger partial charge in [-0.25, -0.2) is 4.79 Å². The highest BCUT2D eigenvalue weighted by molar-refractivity contribution is 7.80. The molecule has 1 rings (SSSR count). The number of carbonyl (C=O) groups is 5. The minimum atomic E-state index is -1.54. The van der Waals surface area contributed by atoms with Crippen molar-refractivity contribution in [1.29, 1.82) is 0 Å². The minimum absolute atomic E-state index is 0.223. The summed E-state index contributed by atoms with van der Waals surface area (Å²) in [6, 6.07) is -4.90. The van der Waals surface area contributed by atoms with E-state index in [4.69, 9.17) is 10.2 Å². The summed E-state index contributed by atoms with van der Waals surface area (Å²) in [7, 11) is 0. The van der Waals surface area contributed by atoms with Gasteiger partial charge in [-0.15, -0.1) is 0 Å². The molecule has 1 fully saturated rings. The second-order valence-corrected chi connectivity index (χ2v) is 6.50. The number of amides is 3. The number of carbonyl (C=O) groups excluding carboxylic acids is 3. The Labute approximate surface area is 165 Å². The Balaban J connectivity index is 2.76. The summed E-state index contributed by atoms with van der Waals surface area (Å²) in [6.07, 6.45) is 0.560. The maximum atomic E-state index is 12.4. The summed E-state index contributed by atoms with van der Waals surface area (Å²) in [5.74, 6) is -5.47. The van der Waals surface area contributed by atoms with Crippen LogP contribution in [0.2, 0.25) is 0 Å². The van der Waals surface area contributed by atoms with Crippen molar-refractivity contribution in [2.45, 2.75) is 43.4 Å². The highest BCUT2D eigenvalue weighted by Crippen LogP contribution is 2.06. The van der Waals surface area contributed by atoms with Crippen LogP contribution < -0.4 is 21.3 Å². The van der Waals surface area contributed by atoms with Gasteiger partial charge in [-0.3, -0.25) is 19.2 Å². The fourth-order valence-corrected chi connectivity index (χ4v) is 2.74. The largest absolute Gasteiger partial charge is 0.481 e. The first-order chi connectivity index (χ1) is 13.2. The number of aliphatic carboxylic acids is 2. The molecular weight excluding hydrogens is 396 g/mol. The molecule has 1 saturated heterocycles. The summed E-state index contributed by atoms with van der Waals surface area (Å²) in [4.78, 5) is 58.5. The molecule has 0 spiro atoms. The second-order valence-electron chi connectivity index (χ2n) is 6.13. The van der Waals surface area contributed by atoms with E-state index in [9.17, 15) is 29.1 Å². The first kappa shape index (κ1) is 23.7. The molecule has 0 aromatic rings. The number of aliphatic hydroxyl groups excluding tert-OH is 1. The zero-order valence-electron chi connectivity index (χ0n) is 14.9. The third-order valence-electron chi connectivity index (χ3n) is 4.00. The lowest BCUT2D eigenvalue weighted by Crippen LogP contribution is -2.58. The van der Waals surface area contributed by atoms with Crippen molar-refractivity contribution in [1.82, 2.24) is 21.3 Å². The van der Waals surface area contributed by atoms with Gasteiger partial charge in [0.2, 0.25) is 17.7 Å². The summed E-state index contributed by atoms with van der Waals surface area (Å²) in [5.41, 5.74) is 0. The fraction of sp³-hybridized carbons (Fsp3) is 0.667. The summed E-state index contributed by atoms with van der Waals surface area (Å²) >= 11 is 3.78. The molecular formula is C15H24N4O8S. The lowest BCUT2D eigenvalue weighted by Gasteiger charge is -2.23. The molecule has 0 aromatic carbocycles. The molecule has 1 aliphatic rings. The number of carboxylic acids is 2. The van der Waals surface area contributed by atoms with E-state index in [0.717, 1.165) is 6.42 Å². The van der Waals surface area contributed by atoms with Gasteiger partial charge < -0.3 is 36.6 Å². The van der Waals surface area contributed by atoms with E-state index in [1.807, 2.05) is 0 Å². The molecule has 1 heterocycles. The first-order valence-corrected chi connectivity index (χ1v) is 9.13. The van der Waals surface area contributed by atoms with Gasteiger partial charge >= 0.3 is 11.9 Å². The summed E-state index contributed by atoms with van der Waals surface area (Å²) in [6.45, 7) is -0.245. The molecule has 13 heteroatoms. The third-order valence-corrected chi connectivity index (χ3v) is 4.37. The predicted octanol–water partition coefficient (Wildman–Crippen LogP) is -3.33. The van der Waals surface area contributed by atoms with Gasteiger partial charge in [-0.2, -0.15) is 12.6 Å². The van der Waals surface area contributed by atoms with Crippen LogP contribution in [0.4, 0.5) is 0 Å². The van der Waals surface area contributed by atoms with E-state index < -0.39 is 66.9 Å². The van der Waals surface area contributed by atoms with Gasteiger partial charge in [-0.05, 0) is 19.4 Å². The van der Waals surface area contributed by atoms with Crippen LogP contribution in [0.15, 0.2) is 0 Å². The Morgan fingerprint density at radius 2 is 1.61 bits per heavy atom. The number of nitrogens with one attached hydrogen (secondary N) is 4. The molecule has 4 atom stereocenters. The van der Waals surface area contributed by atoms with Gasteiger partial charge in [-0.1, -0.05) is 0 Å². The van der Waals surface area contributed by atoms with Gasteiger partial charge in [0.1, 0.15) is 18.1 Å². The fourth-order valence-electron chi connectivity index (χ4n) is 2.49. The van der Waals surface area contributed by atoms with Crippen LogP contribution in [0.25, 0.3) is 0 Å². The van der Waals surface area contributed by atoms with Gasteiger partial charge in [0.15, 0.2) is 0 Å². The number of carboxylic acid groups (broad SMARTS) is 2. The molecule has 0 aliphatic carbocycles. The second kappa shape index (κ2) is 11.5. The predicted molar refractivity (Wildman–Crippen MR) is 97.6 cm³/mol. The lowest BCUT2D eigenvalue weighted by molar-refractivity contribution is -0.143. The number of hydrogen-bond acceptors (Lipinski definition) is 8. The molecule has 0 radical (unpaired) electrons. The highest BCUT2D eigenvalue weighted by Gasteiger charge is 2.32. The molecule has 158 valence electrons. The van der Waals surface area contributed by atoms with Crippen molar-refractivity contribution in [2.75, 3.05) is 18.9 Å². The summed E-state index contributed by atoms with van der Waals surface area (Å²) < 4.78 is 0. The number of aliphatic hydroxyl groups is 1. The standard InChI is InChI=1S/C15H24N4O8S/c20-5-9(14(25)19-10(6-28)15(26)27)18-13(24)8(4-11(21)22)17-12(23)7-2-1-3-16-7/h7-10,16,20,28H,1-6H2,(H,17,23)(H,18,24)(H,19,25)(H,21,22)(H,26,27). The molecule has 1 aliphatic heterocycles. The van der Waals surface area contributed by atoms with Gasteiger partial charge in [0, 0.05) is 5.75 Å². The SMILES string of the molecule is O=C(O)CC(NC(=O)C1CCCN1)C(=O)NC(CO)C(=O)NC(CS)C(=O)O. The Morgan fingerprint density at radius 1 is 1.00 bits per heavy atom. The minimum Gasteiger partial charge on any atom is -0.481 e. The molecule has 3 amide bonds. The van der Waals surface area contributed by atoms with Crippen LogP contribution in [0.3, 0.4) is 0 Å². The van der Waals surface area contributed by atoms with Gasteiger partial charge in [0.05, 0.1) is 19.1 Å². The van der Waals surface area contributed by atoms with E-state index in [1.165, 1.54) is 0 Å². The smallest absolute Gasteiger partial charge is 0.327 e. The molecule has 4 unspecified atom stereocenters. The summed E-state index contributed by atoms with van der Waals surface area (Å²) in [5, 5.41) is 36.6. The van der Waals surface area contributed by atoms with Crippen molar-refractivity contribution >= 4 is 42.3 Å². The normalized spacial score (nSPS) is 19.1. The number of rotatable bonds is 11. The Hall–Kier alpha value is -2.38. The number of hydrogen-bond donors (Lipinski definition) is 8. The van der Waals surface area contributed by atoms with Gasteiger partial charge in [0.25, 0.3) is 0 Å². The maximum absolute atomic E-state index is 12.4. The van der Waals surface area contributed by atoms with E-state index in [0.29, 0.717) is 13.0 Å². The van der Waals surface area contributed by atoms with Crippen molar-refractivity contribution in [3.05, 3.63) is 0 Å². The zero-order valence-corrected chi connectivity index (χ0v) is 15.8.